The van der Waals surface area contributed by atoms with Crippen LogP contribution in [0.4, 0.5) is 0 Å². The quantitative estimate of drug-likeness (QED) is 0.764. The number of piperidine rings is 1. The Morgan fingerprint density at radius 1 is 1.20 bits per heavy atom. The van der Waals surface area contributed by atoms with Crippen LogP contribution in [0.15, 0.2) is 24.3 Å². The van der Waals surface area contributed by atoms with Crippen LogP contribution in [0.2, 0.25) is 5.02 Å². The van der Waals surface area contributed by atoms with E-state index in [0.29, 0.717) is 36.7 Å². The molecule has 0 unspecified atom stereocenters. The van der Waals surface area contributed by atoms with Gasteiger partial charge in [-0.3, -0.25) is 14.4 Å². The third-order valence-corrected chi connectivity index (χ3v) is 4.25. The molecule has 2 amide bonds. The zero-order chi connectivity index (χ0) is 18.2. The smallest absolute Gasteiger partial charge is 0.308 e. The predicted molar refractivity (Wildman–Crippen MR) is 91.3 cm³/mol. The van der Waals surface area contributed by atoms with Crippen LogP contribution >= 0.6 is 11.6 Å². The fourth-order valence-corrected chi connectivity index (χ4v) is 2.67. The average molecular weight is 369 g/mol. The van der Waals surface area contributed by atoms with Crippen molar-refractivity contribution in [2.75, 3.05) is 33.4 Å². The summed E-state index contributed by atoms with van der Waals surface area (Å²) in [6.07, 6.45) is 1.15. The van der Waals surface area contributed by atoms with E-state index in [9.17, 15) is 14.4 Å². The molecule has 1 N–H and O–H groups in total. The van der Waals surface area contributed by atoms with Gasteiger partial charge in [0, 0.05) is 18.1 Å². The molecule has 0 bridgehead atoms. The second kappa shape index (κ2) is 9.27. The van der Waals surface area contributed by atoms with Crippen molar-refractivity contribution in [1.82, 2.24) is 10.2 Å². The standard InChI is InChI=1S/C17H21ClN2O5/c1-24-17(23)12-6-8-20(9-7-12)16(22)10-19-15(21)11-25-14-4-2-13(18)3-5-14/h2-5,12H,6-11H2,1H3,(H,19,21). The minimum atomic E-state index is -0.382. The molecule has 0 aliphatic carbocycles. The Kier molecular flexibility index (Phi) is 7.06. The molecule has 1 aromatic rings. The number of likely N-dealkylation sites (tertiary alicyclic amines) is 1. The fraction of sp³-hybridized carbons (Fsp3) is 0.471. The van der Waals surface area contributed by atoms with E-state index in [2.05, 4.69) is 5.32 Å². The molecular formula is C17H21ClN2O5. The van der Waals surface area contributed by atoms with Crippen LogP contribution in [0.25, 0.3) is 0 Å². The Bertz CT molecular complexity index is 612. The van der Waals surface area contributed by atoms with Crippen molar-refractivity contribution in [1.29, 1.82) is 0 Å². The minimum absolute atomic E-state index is 0.0916. The first-order valence-corrected chi connectivity index (χ1v) is 8.38. The maximum Gasteiger partial charge on any atom is 0.308 e. The van der Waals surface area contributed by atoms with Crippen LogP contribution in [0.5, 0.6) is 5.75 Å². The number of nitrogens with zero attached hydrogens (tertiary/aromatic N) is 1. The predicted octanol–water partition coefficient (Wildman–Crippen LogP) is 1.25. The van der Waals surface area contributed by atoms with Gasteiger partial charge in [-0.05, 0) is 37.1 Å². The van der Waals surface area contributed by atoms with E-state index in [1.54, 1.807) is 29.2 Å². The van der Waals surface area contributed by atoms with Crippen molar-refractivity contribution in [3.63, 3.8) is 0 Å². The number of carbonyl (C=O) groups excluding carboxylic acids is 3. The Labute approximate surface area is 151 Å². The van der Waals surface area contributed by atoms with E-state index in [-0.39, 0.29) is 36.9 Å². The van der Waals surface area contributed by atoms with E-state index in [1.165, 1.54) is 7.11 Å². The first-order chi connectivity index (χ1) is 12.0. The van der Waals surface area contributed by atoms with Crippen molar-refractivity contribution in [3.8, 4) is 5.75 Å². The van der Waals surface area contributed by atoms with Crippen molar-refractivity contribution in [2.24, 2.45) is 5.92 Å². The molecule has 0 spiro atoms. The van der Waals surface area contributed by atoms with E-state index in [4.69, 9.17) is 21.1 Å². The summed E-state index contributed by atoms with van der Waals surface area (Å²) in [5, 5.41) is 3.12. The summed E-state index contributed by atoms with van der Waals surface area (Å²) in [5.41, 5.74) is 0. The number of hydrogen-bond acceptors (Lipinski definition) is 5. The van der Waals surface area contributed by atoms with Crippen molar-refractivity contribution in [2.45, 2.75) is 12.8 Å². The Hall–Kier alpha value is -2.28. The zero-order valence-corrected chi connectivity index (χ0v) is 14.8. The first-order valence-electron chi connectivity index (χ1n) is 8.00. The lowest BCUT2D eigenvalue weighted by Crippen LogP contribution is -2.45. The molecule has 0 radical (unpaired) electrons. The molecule has 136 valence electrons. The number of esters is 1. The SMILES string of the molecule is COC(=O)C1CCN(C(=O)CNC(=O)COc2ccc(Cl)cc2)CC1. The van der Waals surface area contributed by atoms with Crippen molar-refractivity contribution < 1.29 is 23.9 Å². The van der Waals surface area contributed by atoms with Gasteiger partial charge in [-0.15, -0.1) is 0 Å². The largest absolute Gasteiger partial charge is 0.484 e. The summed E-state index contributed by atoms with van der Waals surface area (Å²) in [5.74, 6) is -0.428. The molecule has 1 aliphatic heterocycles. The zero-order valence-electron chi connectivity index (χ0n) is 14.0. The highest BCUT2D eigenvalue weighted by Crippen LogP contribution is 2.18. The average Bonchev–Trinajstić information content (AvgIpc) is 2.65. The van der Waals surface area contributed by atoms with Crippen molar-refractivity contribution >= 4 is 29.4 Å². The van der Waals surface area contributed by atoms with E-state index >= 15 is 0 Å². The lowest BCUT2D eigenvalue weighted by molar-refractivity contribution is -0.148. The van der Waals surface area contributed by atoms with E-state index < -0.39 is 0 Å². The number of nitrogens with one attached hydrogen (secondary N) is 1. The fourth-order valence-electron chi connectivity index (χ4n) is 2.55. The number of carbonyl (C=O) groups is 3. The molecule has 0 atom stereocenters. The molecule has 1 aliphatic rings. The molecule has 1 saturated heterocycles. The number of halogens is 1. The number of ether oxygens (including phenoxy) is 2. The molecule has 2 rings (SSSR count). The number of rotatable bonds is 6. The second-order valence-electron chi connectivity index (χ2n) is 5.70. The highest BCUT2D eigenvalue weighted by atomic mass is 35.5. The topological polar surface area (TPSA) is 84.9 Å². The number of benzene rings is 1. The van der Waals surface area contributed by atoms with Gasteiger partial charge in [0.2, 0.25) is 5.91 Å². The van der Waals surface area contributed by atoms with Crippen LogP contribution in [0.1, 0.15) is 12.8 Å². The summed E-state index contributed by atoms with van der Waals surface area (Å²) >= 11 is 5.76. The van der Waals surface area contributed by atoms with Crippen LogP contribution in [-0.4, -0.2) is 56.0 Å². The van der Waals surface area contributed by atoms with Gasteiger partial charge in [0.1, 0.15) is 5.75 Å². The monoisotopic (exact) mass is 368 g/mol. The van der Waals surface area contributed by atoms with Crippen LogP contribution < -0.4 is 10.1 Å². The van der Waals surface area contributed by atoms with Crippen LogP contribution in [0, 0.1) is 5.92 Å². The Morgan fingerprint density at radius 3 is 2.44 bits per heavy atom. The normalized spacial score (nSPS) is 14.7. The molecule has 8 heteroatoms. The summed E-state index contributed by atoms with van der Waals surface area (Å²) in [6.45, 7) is 0.691. The number of amides is 2. The molecule has 1 aromatic carbocycles. The van der Waals surface area contributed by atoms with Crippen LogP contribution in [-0.2, 0) is 19.1 Å². The first kappa shape index (κ1) is 19.1. The van der Waals surface area contributed by atoms with Gasteiger partial charge in [0.05, 0.1) is 19.6 Å². The third kappa shape index (κ3) is 5.94. The maximum absolute atomic E-state index is 12.1. The minimum Gasteiger partial charge on any atom is -0.484 e. The number of methoxy groups -OCH3 is 1. The highest BCUT2D eigenvalue weighted by molar-refractivity contribution is 6.30. The number of hydrogen-bond donors (Lipinski definition) is 1. The summed E-state index contributed by atoms with van der Waals surface area (Å²) in [4.78, 5) is 37.0. The Morgan fingerprint density at radius 2 is 1.84 bits per heavy atom. The molecular weight excluding hydrogens is 348 g/mol. The van der Waals surface area contributed by atoms with Gasteiger partial charge in [0.25, 0.3) is 5.91 Å². The lowest BCUT2D eigenvalue weighted by Gasteiger charge is -2.30. The maximum atomic E-state index is 12.1. The van der Waals surface area contributed by atoms with Gasteiger partial charge < -0.3 is 19.7 Å². The Balaban J connectivity index is 1.67. The molecule has 1 fully saturated rings. The summed E-state index contributed by atoms with van der Waals surface area (Å²) in [6, 6.07) is 6.64. The van der Waals surface area contributed by atoms with Gasteiger partial charge in [0.15, 0.2) is 6.61 Å². The molecule has 0 aromatic heterocycles. The summed E-state index contributed by atoms with van der Waals surface area (Å²) < 4.78 is 10.0. The van der Waals surface area contributed by atoms with E-state index in [0.717, 1.165) is 0 Å². The second-order valence-corrected chi connectivity index (χ2v) is 6.13. The third-order valence-electron chi connectivity index (χ3n) is 4.00. The van der Waals surface area contributed by atoms with Gasteiger partial charge in [-0.1, -0.05) is 11.6 Å². The van der Waals surface area contributed by atoms with E-state index in [1.807, 2.05) is 0 Å². The van der Waals surface area contributed by atoms with Gasteiger partial charge >= 0.3 is 5.97 Å². The molecule has 7 nitrogen and oxygen atoms in total. The molecule has 25 heavy (non-hydrogen) atoms. The van der Waals surface area contributed by atoms with Gasteiger partial charge in [-0.25, -0.2) is 0 Å². The molecule has 0 saturated carbocycles. The van der Waals surface area contributed by atoms with Crippen molar-refractivity contribution in [3.05, 3.63) is 29.3 Å². The van der Waals surface area contributed by atoms with Gasteiger partial charge in [-0.2, -0.15) is 0 Å². The lowest BCUT2D eigenvalue weighted by atomic mass is 9.97. The highest BCUT2D eigenvalue weighted by Gasteiger charge is 2.27. The van der Waals surface area contributed by atoms with Crippen LogP contribution in [0.3, 0.4) is 0 Å². The summed E-state index contributed by atoms with van der Waals surface area (Å²) in [7, 11) is 1.36. The molecule has 1 heterocycles.